The van der Waals surface area contributed by atoms with Gasteiger partial charge in [-0.3, -0.25) is 9.13 Å². The van der Waals surface area contributed by atoms with Crippen LogP contribution in [-0.4, -0.2) is 14.1 Å². The molecule has 0 spiro atoms. The number of nitrogens with zero attached hydrogens (tertiary/aromatic N) is 4. The number of para-hydroxylation sites is 4. The molecule has 0 bridgehead atoms. The van der Waals surface area contributed by atoms with Crippen LogP contribution in [0.25, 0.3) is 50.0 Å². The molecule has 0 radical (unpaired) electrons. The van der Waals surface area contributed by atoms with Crippen LogP contribution in [0.15, 0.2) is 133 Å². The first-order valence-electron chi connectivity index (χ1n) is 16.6. The molecule has 0 N–H and O–H groups in total. The Labute approximate surface area is 307 Å². The molecule has 0 atom stereocenters. The maximum absolute atomic E-state index is 6.53. The van der Waals surface area contributed by atoms with Crippen LogP contribution < -0.4 is 9.30 Å². The number of rotatable bonds is 6. The van der Waals surface area contributed by atoms with Crippen LogP contribution in [0.2, 0.25) is 0 Å². The Balaban J connectivity index is 0.00000392. The molecule has 0 amide bonds. The van der Waals surface area contributed by atoms with Gasteiger partial charge < -0.3 is 9.30 Å². The van der Waals surface area contributed by atoms with Crippen molar-refractivity contribution in [2.45, 2.75) is 40.0 Å². The topological polar surface area (TPSA) is 35.9 Å². The van der Waals surface area contributed by atoms with Crippen molar-refractivity contribution in [2.75, 3.05) is 0 Å². The molecule has 50 heavy (non-hydrogen) atoms. The van der Waals surface area contributed by atoms with Crippen LogP contribution in [0.1, 0.15) is 45.7 Å². The first kappa shape index (κ1) is 33.3. The SMILES string of the molecule is CC(C)=C(c1[c-]c(Oc2[c-]c3c(cc2)c2ccccc2n3-c2cc(C(C)(C)C)ccn2)ccc1)n1[c-][n+](-c2ccccc2)c2ccccc21.[Pt]. The van der Waals surface area contributed by atoms with E-state index in [4.69, 9.17) is 9.72 Å². The summed E-state index contributed by atoms with van der Waals surface area (Å²) in [5.41, 5.74) is 9.42. The Bertz CT molecular complexity index is 2530. The van der Waals surface area contributed by atoms with Crippen LogP contribution in [0.5, 0.6) is 11.5 Å². The van der Waals surface area contributed by atoms with Gasteiger partial charge in [-0.2, -0.15) is 6.07 Å². The zero-order valence-electron chi connectivity index (χ0n) is 28.6. The van der Waals surface area contributed by atoms with Gasteiger partial charge in [0.05, 0.1) is 22.4 Å². The summed E-state index contributed by atoms with van der Waals surface area (Å²) < 4.78 is 12.9. The fourth-order valence-corrected chi connectivity index (χ4v) is 6.55. The molecule has 0 aliphatic carbocycles. The number of benzene rings is 5. The van der Waals surface area contributed by atoms with Crippen molar-refractivity contribution >= 4 is 38.5 Å². The van der Waals surface area contributed by atoms with Crippen LogP contribution in [-0.2, 0) is 26.5 Å². The summed E-state index contributed by atoms with van der Waals surface area (Å²) >= 11 is 0. The van der Waals surface area contributed by atoms with E-state index < -0.39 is 0 Å². The second-order valence-corrected chi connectivity index (χ2v) is 13.6. The zero-order chi connectivity index (χ0) is 33.7. The molecular formula is C44H36N4OPt-2. The molecule has 8 aromatic rings. The average molecular weight is 832 g/mol. The molecule has 8 rings (SSSR count). The van der Waals surface area contributed by atoms with Crippen LogP contribution >= 0.6 is 0 Å². The van der Waals surface area contributed by atoms with Crippen LogP contribution in [0.3, 0.4) is 0 Å². The molecule has 0 aliphatic rings. The summed E-state index contributed by atoms with van der Waals surface area (Å²) in [7, 11) is 0. The normalized spacial score (nSPS) is 11.5. The zero-order valence-corrected chi connectivity index (χ0v) is 30.9. The molecule has 0 saturated heterocycles. The van der Waals surface area contributed by atoms with E-state index in [1.807, 2.05) is 42.6 Å². The van der Waals surface area contributed by atoms with Gasteiger partial charge in [-0.05, 0) is 60.5 Å². The van der Waals surface area contributed by atoms with E-state index in [2.05, 4.69) is 152 Å². The average Bonchev–Trinajstić information content (AvgIpc) is 3.64. The Morgan fingerprint density at radius 3 is 2.22 bits per heavy atom. The summed E-state index contributed by atoms with van der Waals surface area (Å²) in [6.07, 6.45) is 5.52. The molecule has 3 aromatic heterocycles. The first-order chi connectivity index (χ1) is 23.8. The van der Waals surface area contributed by atoms with Crippen molar-refractivity contribution < 1.29 is 30.4 Å². The number of fused-ring (bicyclic) bond motifs is 4. The number of ether oxygens (including phenoxy) is 1. The van der Waals surface area contributed by atoms with E-state index in [0.717, 1.165) is 61.2 Å². The van der Waals surface area contributed by atoms with Crippen molar-refractivity contribution in [3.05, 3.63) is 163 Å². The molecule has 3 heterocycles. The minimum Gasteiger partial charge on any atom is -0.503 e. The molecule has 0 aliphatic heterocycles. The second-order valence-electron chi connectivity index (χ2n) is 13.6. The summed E-state index contributed by atoms with van der Waals surface area (Å²) in [4.78, 5) is 4.81. The molecule has 5 nitrogen and oxygen atoms in total. The van der Waals surface area contributed by atoms with E-state index >= 15 is 0 Å². The van der Waals surface area contributed by atoms with Crippen molar-refractivity contribution in [1.82, 2.24) is 14.1 Å². The van der Waals surface area contributed by atoms with Crippen molar-refractivity contribution in [3.8, 4) is 23.0 Å². The number of imidazole rings is 1. The predicted octanol–water partition coefficient (Wildman–Crippen LogP) is 10.2. The molecule has 5 aromatic carbocycles. The van der Waals surface area contributed by atoms with Crippen LogP contribution in [0, 0.1) is 18.5 Å². The predicted molar refractivity (Wildman–Crippen MR) is 197 cm³/mol. The third kappa shape index (κ3) is 5.97. The van der Waals surface area contributed by atoms with Gasteiger partial charge in [0.1, 0.15) is 5.82 Å². The van der Waals surface area contributed by atoms with Crippen molar-refractivity contribution in [3.63, 3.8) is 0 Å². The molecule has 0 fully saturated rings. The Kier molecular flexibility index (Phi) is 8.80. The van der Waals surface area contributed by atoms with Gasteiger partial charge in [0, 0.05) is 44.3 Å². The smallest absolute Gasteiger partial charge is 0.269 e. The van der Waals surface area contributed by atoms with Gasteiger partial charge in [-0.1, -0.05) is 104 Å². The summed E-state index contributed by atoms with van der Waals surface area (Å²) in [5.74, 6) is 2.07. The third-order valence-corrected chi connectivity index (χ3v) is 8.92. The van der Waals surface area contributed by atoms with E-state index in [1.54, 1.807) is 0 Å². The third-order valence-electron chi connectivity index (χ3n) is 8.92. The summed E-state index contributed by atoms with van der Waals surface area (Å²) in [5, 5.41) is 2.24. The molecule has 0 saturated carbocycles. The van der Waals surface area contributed by atoms with Crippen LogP contribution in [0.4, 0.5) is 0 Å². The Morgan fingerprint density at radius 1 is 0.720 bits per heavy atom. The molecule has 250 valence electrons. The van der Waals surface area contributed by atoms with E-state index in [1.165, 1.54) is 5.56 Å². The van der Waals surface area contributed by atoms with E-state index in [-0.39, 0.29) is 26.5 Å². The maximum Gasteiger partial charge on any atom is 0.269 e. The minimum absolute atomic E-state index is 0. The fraction of sp³-hybridized carbons (Fsp3) is 0.136. The van der Waals surface area contributed by atoms with Gasteiger partial charge in [0.2, 0.25) is 0 Å². The molecule has 0 unspecified atom stereocenters. The largest absolute Gasteiger partial charge is 0.503 e. The van der Waals surface area contributed by atoms with E-state index in [9.17, 15) is 0 Å². The standard InChI is InChI=1S/C44H36N4O.Pt/c1-30(2)43(47-29-46(33-15-7-6-8-16-33)39-20-11-12-21-40(39)47)31-14-13-17-34(26-31)49-35-22-23-37-36-18-9-10-19-38(36)48(41(37)28-35)42-27-32(24-25-45-42)44(3,4)5;/h6-25,27H,1-5H3;/q-2;. The van der Waals surface area contributed by atoms with Crippen molar-refractivity contribution in [1.29, 1.82) is 0 Å². The monoisotopic (exact) mass is 831 g/mol. The Hall–Kier alpha value is -5.25. The van der Waals surface area contributed by atoms with Gasteiger partial charge >= 0.3 is 0 Å². The van der Waals surface area contributed by atoms with E-state index in [0.29, 0.717) is 11.5 Å². The quantitative estimate of drug-likeness (QED) is 0.124. The summed E-state index contributed by atoms with van der Waals surface area (Å²) in [6.45, 7) is 10.9. The summed E-state index contributed by atoms with van der Waals surface area (Å²) in [6, 6.07) is 48.7. The van der Waals surface area contributed by atoms with Gasteiger partial charge in [0.25, 0.3) is 6.33 Å². The Morgan fingerprint density at radius 2 is 1.44 bits per heavy atom. The van der Waals surface area contributed by atoms with Gasteiger partial charge in [-0.15, -0.1) is 35.7 Å². The number of hydrogen-bond acceptors (Lipinski definition) is 2. The molecule has 6 heteroatoms. The number of pyridine rings is 1. The fourth-order valence-electron chi connectivity index (χ4n) is 6.55. The number of hydrogen-bond donors (Lipinski definition) is 0. The number of aromatic nitrogens is 4. The van der Waals surface area contributed by atoms with Crippen molar-refractivity contribution in [2.24, 2.45) is 0 Å². The van der Waals surface area contributed by atoms with Gasteiger partial charge in [0.15, 0.2) is 0 Å². The first-order valence-corrected chi connectivity index (χ1v) is 16.6. The molecular weight excluding hydrogens is 796 g/mol. The minimum atomic E-state index is -0.00801. The second kappa shape index (κ2) is 13.2. The van der Waals surface area contributed by atoms with Gasteiger partial charge in [-0.25, -0.2) is 4.98 Å². The number of allylic oxidation sites excluding steroid dienone is 1. The maximum atomic E-state index is 6.53.